The summed E-state index contributed by atoms with van der Waals surface area (Å²) in [5, 5.41) is 0. The van der Waals surface area contributed by atoms with E-state index in [9.17, 15) is 4.39 Å². The quantitative estimate of drug-likeness (QED) is 0.530. The van der Waals surface area contributed by atoms with Gasteiger partial charge in [-0.25, -0.2) is 0 Å². The van der Waals surface area contributed by atoms with Gasteiger partial charge in [-0.05, 0) is 0 Å². The minimum atomic E-state index is -0.781. The Morgan fingerprint density at radius 1 is 1.50 bits per heavy atom. The zero-order valence-electron chi connectivity index (χ0n) is 5.07. The van der Waals surface area contributed by atoms with Crippen molar-refractivity contribution < 1.29 is 18.0 Å². The molecule has 0 saturated carbocycles. The zero-order chi connectivity index (χ0) is 7.56. The number of hydrogen-bond donors (Lipinski definition) is 0. The van der Waals surface area contributed by atoms with E-state index in [0.29, 0.717) is 0 Å². The molecular formula is C6H3BrFIZn. The first-order valence-corrected chi connectivity index (χ1v) is 14.1. The van der Waals surface area contributed by atoms with Gasteiger partial charge >= 0.3 is 86.3 Å². The fourth-order valence-corrected chi connectivity index (χ4v) is 5.86. The number of rotatable bonds is 1. The molecule has 0 nitrogen and oxygen atoms in total. The first kappa shape index (κ1) is 9.07. The van der Waals surface area contributed by atoms with Crippen LogP contribution in [-0.2, 0) is 13.6 Å². The zero-order valence-corrected chi connectivity index (χ0v) is 11.8. The van der Waals surface area contributed by atoms with Crippen molar-refractivity contribution in [1.29, 1.82) is 0 Å². The molecule has 0 unspecified atom stereocenters. The van der Waals surface area contributed by atoms with Gasteiger partial charge in [0.05, 0.1) is 0 Å². The summed E-state index contributed by atoms with van der Waals surface area (Å²) < 4.78 is 14.7. The van der Waals surface area contributed by atoms with Crippen molar-refractivity contribution in [1.82, 2.24) is 0 Å². The van der Waals surface area contributed by atoms with Crippen molar-refractivity contribution >= 4 is 39.8 Å². The summed E-state index contributed by atoms with van der Waals surface area (Å²) in [7, 11) is 0. The van der Waals surface area contributed by atoms with E-state index in [-0.39, 0.29) is 5.82 Å². The second kappa shape index (κ2) is 4.12. The van der Waals surface area contributed by atoms with Gasteiger partial charge in [-0.1, -0.05) is 0 Å². The van der Waals surface area contributed by atoms with Crippen LogP contribution in [0.25, 0.3) is 0 Å². The molecule has 1 aromatic rings. The molecule has 0 bridgehead atoms. The molecule has 0 radical (unpaired) electrons. The van der Waals surface area contributed by atoms with E-state index in [0.717, 1.165) is 8.63 Å². The van der Waals surface area contributed by atoms with Crippen molar-refractivity contribution in [2.75, 3.05) is 0 Å². The molecule has 0 aliphatic heterocycles. The molecule has 4 heteroatoms. The molecule has 0 amide bonds. The van der Waals surface area contributed by atoms with Gasteiger partial charge in [-0.15, -0.1) is 0 Å². The molecule has 0 spiro atoms. The number of benzene rings is 1. The average molecular weight is 366 g/mol. The molecule has 50 valence electrons. The van der Waals surface area contributed by atoms with Gasteiger partial charge in [0.25, 0.3) is 0 Å². The van der Waals surface area contributed by atoms with E-state index in [1.165, 1.54) is 6.07 Å². The second-order valence-electron chi connectivity index (χ2n) is 1.87. The molecule has 0 saturated heterocycles. The SMILES string of the molecule is Fc1ccc(Br)c[c]1[Zn][I]. The summed E-state index contributed by atoms with van der Waals surface area (Å²) in [6, 6.07) is 5.12. The predicted molar refractivity (Wildman–Crippen MR) is 47.8 cm³/mol. The van der Waals surface area contributed by atoms with Crippen LogP contribution in [0.3, 0.4) is 0 Å². The van der Waals surface area contributed by atoms with E-state index >= 15 is 0 Å². The first-order chi connectivity index (χ1) is 4.74. The van der Waals surface area contributed by atoms with Crippen molar-refractivity contribution in [3.8, 4) is 0 Å². The Kier molecular flexibility index (Phi) is 3.74. The fourth-order valence-electron chi connectivity index (χ4n) is 0.646. The van der Waals surface area contributed by atoms with Crippen LogP contribution < -0.4 is 4.16 Å². The van der Waals surface area contributed by atoms with Crippen LogP contribution in [0.15, 0.2) is 22.7 Å². The minimum absolute atomic E-state index is 0.0439. The number of hydrogen-bond acceptors (Lipinski definition) is 0. The topological polar surface area (TPSA) is 0 Å². The van der Waals surface area contributed by atoms with E-state index in [1.54, 1.807) is 6.07 Å². The first-order valence-electron chi connectivity index (χ1n) is 2.74. The molecule has 1 rings (SSSR count). The van der Waals surface area contributed by atoms with Crippen molar-refractivity contribution in [3.05, 3.63) is 28.5 Å². The van der Waals surface area contributed by atoms with E-state index in [4.69, 9.17) is 0 Å². The van der Waals surface area contributed by atoms with Crippen molar-refractivity contribution in [2.24, 2.45) is 0 Å². The number of halogens is 3. The Bertz CT molecular complexity index is 241. The molecule has 0 aliphatic rings. The molecule has 0 aliphatic carbocycles. The van der Waals surface area contributed by atoms with Gasteiger partial charge in [-0.3, -0.25) is 0 Å². The molecule has 0 N–H and O–H groups in total. The Morgan fingerprint density at radius 2 is 2.20 bits per heavy atom. The third-order valence-electron chi connectivity index (χ3n) is 1.15. The van der Waals surface area contributed by atoms with Crippen LogP contribution in [0.5, 0.6) is 0 Å². The summed E-state index contributed by atoms with van der Waals surface area (Å²) in [5.74, 6) is -0.0439. The average Bonchev–Trinajstić information content (AvgIpc) is 1.94. The second-order valence-corrected chi connectivity index (χ2v) is 8.91. The molecular weight excluding hydrogens is 363 g/mol. The summed E-state index contributed by atoms with van der Waals surface area (Å²) in [6.07, 6.45) is 0. The van der Waals surface area contributed by atoms with Gasteiger partial charge in [0, 0.05) is 0 Å². The van der Waals surface area contributed by atoms with Crippen LogP contribution in [0, 0.1) is 5.82 Å². The van der Waals surface area contributed by atoms with Crippen molar-refractivity contribution in [3.63, 3.8) is 0 Å². The molecule has 0 heterocycles. The summed E-state index contributed by atoms with van der Waals surface area (Å²) in [6.45, 7) is 0. The van der Waals surface area contributed by atoms with Crippen molar-refractivity contribution in [2.45, 2.75) is 0 Å². The Morgan fingerprint density at radius 3 is 2.70 bits per heavy atom. The van der Waals surface area contributed by atoms with Crippen LogP contribution in [-0.4, -0.2) is 0 Å². The summed E-state index contributed by atoms with van der Waals surface area (Å²) >= 11 is 4.84. The third-order valence-corrected chi connectivity index (χ3v) is 7.66. The Balaban J connectivity index is 3.09. The molecule has 0 atom stereocenters. The van der Waals surface area contributed by atoms with Crippen LogP contribution >= 0.6 is 35.7 Å². The van der Waals surface area contributed by atoms with Gasteiger partial charge in [0.1, 0.15) is 0 Å². The molecule has 1 aromatic carbocycles. The summed E-state index contributed by atoms with van der Waals surface area (Å²) in [5.41, 5.74) is 0. The molecule has 0 aromatic heterocycles. The maximum absolute atomic E-state index is 12.8. The Labute approximate surface area is 85.5 Å². The molecule has 10 heavy (non-hydrogen) atoms. The maximum atomic E-state index is 12.8. The molecule has 0 fully saturated rings. The fraction of sp³-hybridized carbons (Fsp3) is 0. The van der Waals surface area contributed by atoms with Gasteiger partial charge in [0.15, 0.2) is 0 Å². The normalized spacial score (nSPS) is 9.10. The Hall–Kier alpha value is 0.983. The van der Waals surface area contributed by atoms with E-state index in [1.807, 2.05) is 6.07 Å². The standard InChI is InChI=1S/C6H3BrF.HI.Zn/c7-5-1-3-6(8)4-2-5;;/h1-3H;1H;/q;;+1/p-1. The predicted octanol–water partition coefficient (Wildman–Crippen LogP) is 2.65. The monoisotopic (exact) mass is 364 g/mol. The van der Waals surface area contributed by atoms with Crippen LogP contribution in [0.4, 0.5) is 4.39 Å². The van der Waals surface area contributed by atoms with E-state index in [2.05, 4.69) is 35.7 Å². The third kappa shape index (κ3) is 2.24. The summed E-state index contributed by atoms with van der Waals surface area (Å²) in [4.78, 5) is 0. The van der Waals surface area contributed by atoms with Crippen LogP contribution in [0.2, 0.25) is 0 Å². The van der Waals surface area contributed by atoms with Gasteiger partial charge < -0.3 is 0 Å². The van der Waals surface area contributed by atoms with E-state index < -0.39 is 13.6 Å². The van der Waals surface area contributed by atoms with Crippen LogP contribution in [0.1, 0.15) is 0 Å². The van der Waals surface area contributed by atoms with Gasteiger partial charge in [-0.2, -0.15) is 0 Å². The van der Waals surface area contributed by atoms with Gasteiger partial charge in [0.2, 0.25) is 0 Å².